The number of hydrogen-bond acceptors (Lipinski definition) is 5. The summed E-state index contributed by atoms with van der Waals surface area (Å²) in [6.07, 6.45) is 5.86. The van der Waals surface area contributed by atoms with Crippen molar-refractivity contribution in [1.29, 1.82) is 0 Å². The number of rotatable bonds is 9. The van der Waals surface area contributed by atoms with Crippen LogP contribution in [0.15, 0.2) is 42.6 Å². The SMILES string of the molecule is CCCOc1c(Cl)cc(/C=C/C(=O)NC(C)c2nnc3ccccn23)cc1OCC. The van der Waals surface area contributed by atoms with E-state index < -0.39 is 0 Å². The van der Waals surface area contributed by atoms with Gasteiger partial charge in [0, 0.05) is 12.3 Å². The van der Waals surface area contributed by atoms with Gasteiger partial charge in [-0.3, -0.25) is 9.20 Å². The zero-order chi connectivity index (χ0) is 21.5. The van der Waals surface area contributed by atoms with E-state index in [4.69, 9.17) is 21.1 Å². The average molecular weight is 429 g/mol. The van der Waals surface area contributed by atoms with Gasteiger partial charge in [-0.1, -0.05) is 24.6 Å². The number of carbonyl (C=O) groups excluding carboxylic acids is 1. The molecule has 0 aliphatic rings. The summed E-state index contributed by atoms with van der Waals surface area (Å²) in [6, 6.07) is 8.88. The summed E-state index contributed by atoms with van der Waals surface area (Å²) in [7, 11) is 0. The molecule has 1 unspecified atom stereocenters. The average Bonchev–Trinajstić information content (AvgIpc) is 3.16. The highest BCUT2D eigenvalue weighted by Crippen LogP contribution is 2.37. The van der Waals surface area contributed by atoms with E-state index in [2.05, 4.69) is 15.5 Å². The number of pyridine rings is 1. The van der Waals surface area contributed by atoms with Crippen molar-refractivity contribution < 1.29 is 14.3 Å². The van der Waals surface area contributed by atoms with E-state index in [9.17, 15) is 4.79 Å². The maximum absolute atomic E-state index is 12.4. The van der Waals surface area contributed by atoms with E-state index in [1.807, 2.05) is 49.6 Å². The van der Waals surface area contributed by atoms with Crippen molar-refractivity contribution in [2.75, 3.05) is 13.2 Å². The summed E-state index contributed by atoms with van der Waals surface area (Å²) in [4.78, 5) is 12.4. The monoisotopic (exact) mass is 428 g/mol. The number of carbonyl (C=O) groups is 1. The Kier molecular flexibility index (Phi) is 7.30. The van der Waals surface area contributed by atoms with Gasteiger partial charge in [0.25, 0.3) is 0 Å². The predicted octanol–water partition coefficient (Wildman–Crippen LogP) is 4.46. The fraction of sp³-hybridized carbons (Fsp3) is 0.318. The van der Waals surface area contributed by atoms with Crippen LogP contribution in [-0.4, -0.2) is 33.7 Å². The predicted molar refractivity (Wildman–Crippen MR) is 117 cm³/mol. The molecule has 0 bridgehead atoms. The number of fused-ring (bicyclic) bond motifs is 1. The lowest BCUT2D eigenvalue weighted by atomic mass is 10.1. The van der Waals surface area contributed by atoms with Crippen LogP contribution in [0, 0.1) is 0 Å². The Bertz CT molecular complexity index is 1050. The molecule has 1 aromatic carbocycles. The van der Waals surface area contributed by atoms with E-state index in [1.165, 1.54) is 6.08 Å². The zero-order valence-electron chi connectivity index (χ0n) is 17.3. The third-order valence-corrected chi connectivity index (χ3v) is 4.58. The molecular formula is C22H25ClN4O3. The van der Waals surface area contributed by atoms with Crippen LogP contribution in [0.1, 0.15) is 44.6 Å². The number of nitrogens with zero attached hydrogens (tertiary/aromatic N) is 3. The van der Waals surface area contributed by atoms with E-state index in [1.54, 1.807) is 18.2 Å². The molecule has 0 spiro atoms. The first kappa shape index (κ1) is 21.6. The minimum absolute atomic E-state index is 0.254. The van der Waals surface area contributed by atoms with E-state index in [-0.39, 0.29) is 11.9 Å². The molecule has 0 fully saturated rings. The van der Waals surface area contributed by atoms with Crippen LogP contribution in [0.25, 0.3) is 11.7 Å². The van der Waals surface area contributed by atoms with Crippen LogP contribution in [0.3, 0.4) is 0 Å². The summed E-state index contributed by atoms with van der Waals surface area (Å²) in [6.45, 7) is 6.80. The Morgan fingerprint density at radius 3 is 2.87 bits per heavy atom. The topological polar surface area (TPSA) is 77.8 Å². The Balaban J connectivity index is 1.72. The summed E-state index contributed by atoms with van der Waals surface area (Å²) >= 11 is 6.37. The standard InChI is InChI=1S/C22H25ClN4O3/c1-4-12-30-21-17(23)13-16(14-18(21)29-5-2)9-10-20(28)24-15(3)22-26-25-19-8-6-7-11-27(19)22/h6-11,13-15H,4-5,12H2,1-3H3,(H,24,28)/b10-9+. The third kappa shape index (κ3) is 5.10. The van der Waals surface area contributed by atoms with Crippen LogP contribution >= 0.6 is 11.6 Å². The molecule has 2 heterocycles. The van der Waals surface area contributed by atoms with Gasteiger partial charge in [0.2, 0.25) is 5.91 Å². The second-order valence-corrected chi connectivity index (χ2v) is 7.07. The van der Waals surface area contributed by atoms with Gasteiger partial charge < -0.3 is 14.8 Å². The number of nitrogens with one attached hydrogen (secondary N) is 1. The Morgan fingerprint density at radius 1 is 1.27 bits per heavy atom. The number of aromatic nitrogens is 3. The molecule has 0 saturated carbocycles. The van der Waals surface area contributed by atoms with Crippen molar-refractivity contribution in [3.8, 4) is 11.5 Å². The fourth-order valence-corrected chi connectivity index (χ4v) is 3.22. The third-order valence-electron chi connectivity index (χ3n) is 4.30. The molecule has 30 heavy (non-hydrogen) atoms. The van der Waals surface area contributed by atoms with Crippen molar-refractivity contribution in [2.24, 2.45) is 0 Å². The summed E-state index contributed by atoms with van der Waals surface area (Å²) in [5.74, 6) is 1.48. The molecule has 0 radical (unpaired) electrons. The minimum atomic E-state index is -0.313. The Morgan fingerprint density at radius 2 is 2.10 bits per heavy atom. The molecular weight excluding hydrogens is 404 g/mol. The van der Waals surface area contributed by atoms with Crippen molar-refractivity contribution in [3.63, 3.8) is 0 Å². The number of hydrogen-bond donors (Lipinski definition) is 1. The van der Waals surface area contributed by atoms with Crippen LogP contribution in [-0.2, 0) is 4.79 Å². The number of halogens is 1. The molecule has 158 valence electrons. The smallest absolute Gasteiger partial charge is 0.244 e. The van der Waals surface area contributed by atoms with Crippen LogP contribution in [0.2, 0.25) is 5.02 Å². The highest BCUT2D eigenvalue weighted by atomic mass is 35.5. The Labute approximate surface area is 180 Å². The van der Waals surface area contributed by atoms with Gasteiger partial charge in [-0.25, -0.2) is 0 Å². The van der Waals surface area contributed by atoms with Gasteiger partial charge in [-0.2, -0.15) is 0 Å². The first-order valence-corrected chi connectivity index (χ1v) is 10.3. The normalized spacial score (nSPS) is 12.3. The lowest BCUT2D eigenvalue weighted by Gasteiger charge is -2.14. The lowest BCUT2D eigenvalue weighted by molar-refractivity contribution is -0.117. The lowest BCUT2D eigenvalue weighted by Crippen LogP contribution is -2.26. The first-order chi connectivity index (χ1) is 14.5. The van der Waals surface area contributed by atoms with E-state index >= 15 is 0 Å². The highest BCUT2D eigenvalue weighted by molar-refractivity contribution is 6.32. The molecule has 7 nitrogen and oxygen atoms in total. The summed E-state index contributed by atoms with van der Waals surface area (Å²) < 4.78 is 13.2. The van der Waals surface area contributed by atoms with Crippen molar-refractivity contribution in [2.45, 2.75) is 33.2 Å². The number of benzene rings is 1. The van der Waals surface area contributed by atoms with Crippen molar-refractivity contribution >= 4 is 29.2 Å². The van der Waals surface area contributed by atoms with Gasteiger partial charge >= 0.3 is 0 Å². The van der Waals surface area contributed by atoms with Crippen molar-refractivity contribution in [3.05, 3.63) is 59.0 Å². The molecule has 3 aromatic rings. The molecule has 0 aliphatic heterocycles. The maximum atomic E-state index is 12.4. The minimum Gasteiger partial charge on any atom is -0.490 e. The van der Waals surface area contributed by atoms with Crippen molar-refractivity contribution in [1.82, 2.24) is 19.9 Å². The molecule has 0 aliphatic carbocycles. The van der Waals surface area contributed by atoms with Gasteiger partial charge in [0.15, 0.2) is 23.0 Å². The molecule has 0 saturated heterocycles. The van der Waals surface area contributed by atoms with Gasteiger partial charge in [-0.05, 0) is 56.2 Å². The number of amides is 1. The van der Waals surface area contributed by atoms with Crippen LogP contribution in [0.5, 0.6) is 11.5 Å². The highest BCUT2D eigenvalue weighted by Gasteiger charge is 2.15. The number of ether oxygens (including phenoxy) is 2. The van der Waals surface area contributed by atoms with Gasteiger partial charge in [0.1, 0.15) is 0 Å². The fourth-order valence-electron chi connectivity index (χ4n) is 2.94. The molecule has 1 amide bonds. The van der Waals surface area contributed by atoms with Gasteiger partial charge in [-0.15, -0.1) is 10.2 Å². The summed E-state index contributed by atoms with van der Waals surface area (Å²) in [5.41, 5.74) is 1.47. The molecule has 1 atom stereocenters. The Hall–Kier alpha value is -3.06. The first-order valence-electron chi connectivity index (χ1n) is 9.90. The molecule has 3 rings (SSSR count). The van der Waals surface area contributed by atoms with Crippen LogP contribution < -0.4 is 14.8 Å². The molecule has 8 heteroatoms. The zero-order valence-corrected chi connectivity index (χ0v) is 18.0. The molecule has 1 N–H and O–H groups in total. The maximum Gasteiger partial charge on any atom is 0.244 e. The molecule has 2 aromatic heterocycles. The largest absolute Gasteiger partial charge is 0.490 e. The van der Waals surface area contributed by atoms with E-state index in [0.29, 0.717) is 35.6 Å². The second-order valence-electron chi connectivity index (χ2n) is 6.66. The van der Waals surface area contributed by atoms with Crippen LogP contribution in [0.4, 0.5) is 0 Å². The van der Waals surface area contributed by atoms with Gasteiger partial charge in [0.05, 0.1) is 24.3 Å². The second kappa shape index (κ2) is 10.1. The quantitative estimate of drug-likeness (QED) is 0.509. The summed E-state index contributed by atoms with van der Waals surface area (Å²) in [5, 5.41) is 11.6. The van der Waals surface area contributed by atoms with E-state index in [0.717, 1.165) is 17.6 Å².